The Labute approximate surface area is 131 Å². The zero-order valence-electron chi connectivity index (χ0n) is 11.5. The molecule has 1 aromatic carbocycles. The minimum absolute atomic E-state index is 0.712. The minimum Gasteiger partial charge on any atom is -0.360 e. The van der Waals surface area contributed by atoms with Gasteiger partial charge in [0.15, 0.2) is 0 Å². The normalized spacial score (nSPS) is 11.0. The largest absolute Gasteiger partial charge is 0.360 e. The van der Waals surface area contributed by atoms with Crippen LogP contribution in [0.4, 0.5) is 0 Å². The van der Waals surface area contributed by atoms with Crippen LogP contribution in [-0.2, 0) is 0 Å². The van der Waals surface area contributed by atoms with Crippen molar-refractivity contribution in [1.82, 2.24) is 25.4 Å². The summed E-state index contributed by atoms with van der Waals surface area (Å²) in [6.07, 6.45) is 3.67. The van der Waals surface area contributed by atoms with E-state index in [1.807, 2.05) is 48.7 Å². The second-order valence-electron chi connectivity index (χ2n) is 4.92. The number of aromatic amines is 3. The highest BCUT2D eigenvalue weighted by atomic mass is 35.5. The predicted molar refractivity (Wildman–Crippen MR) is 86.4 cm³/mol. The molecule has 0 spiro atoms. The van der Waals surface area contributed by atoms with Gasteiger partial charge in [-0.1, -0.05) is 23.7 Å². The number of aromatic nitrogens is 5. The lowest BCUT2D eigenvalue weighted by atomic mass is 10.0. The molecular formula is C16H12ClN5. The van der Waals surface area contributed by atoms with Crippen molar-refractivity contribution >= 4 is 11.6 Å². The lowest BCUT2D eigenvalue weighted by molar-refractivity contribution is 1.06. The van der Waals surface area contributed by atoms with E-state index in [0.717, 1.165) is 33.9 Å². The van der Waals surface area contributed by atoms with Gasteiger partial charge in [-0.25, -0.2) is 0 Å². The van der Waals surface area contributed by atoms with Gasteiger partial charge in [0.25, 0.3) is 0 Å². The lowest BCUT2D eigenvalue weighted by Crippen LogP contribution is -1.83. The van der Waals surface area contributed by atoms with Gasteiger partial charge >= 0.3 is 0 Å². The monoisotopic (exact) mass is 309 g/mol. The number of benzene rings is 1. The standard InChI is InChI=1S/C16H12ClN5/c17-11-5-3-10(4-6-11)12-9-19-22-16(12)15-8-14(20-21-15)13-2-1-7-18-13/h1-9,18H,(H,19,22)(H,20,21). The van der Waals surface area contributed by atoms with E-state index >= 15 is 0 Å². The van der Waals surface area contributed by atoms with Gasteiger partial charge in [-0.05, 0) is 35.9 Å². The van der Waals surface area contributed by atoms with E-state index in [1.165, 1.54) is 0 Å². The molecule has 3 aromatic heterocycles. The van der Waals surface area contributed by atoms with Gasteiger partial charge < -0.3 is 4.98 Å². The predicted octanol–water partition coefficient (Wildman–Crippen LogP) is 4.12. The van der Waals surface area contributed by atoms with Crippen LogP contribution in [0.5, 0.6) is 0 Å². The average Bonchev–Trinajstić information content (AvgIpc) is 3.27. The van der Waals surface area contributed by atoms with Crippen molar-refractivity contribution in [1.29, 1.82) is 0 Å². The van der Waals surface area contributed by atoms with Gasteiger partial charge in [0, 0.05) is 16.8 Å². The number of hydrogen-bond acceptors (Lipinski definition) is 2. The van der Waals surface area contributed by atoms with Crippen molar-refractivity contribution in [3.05, 3.63) is 59.9 Å². The molecule has 5 nitrogen and oxygen atoms in total. The second-order valence-corrected chi connectivity index (χ2v) is 5.35. The highest BCUT2D eigenvalue weighted by Crippen LogP contribution is 2.31. The zero-order valence-corrected chi connectivity index (χ0v) is 12.2. The Kier molecular flexibility index (Phi) is 3.05. The first-order chi connectivity index (χ1) is 10.8. The summed E-state index contributed by atoms with van der Waals surface area (Å²) in [6, 6.07) is 13.6. The van der Waals surface area contributed by atoms with Crippen LogP contribution in [0.3, 0.4) is 0 Å². The van der Waals surface area contributed by atoms with Gasteiger partial charge in [0.1, 0.15) is 5.69 Å². The molecule has 0 atom stereocenters. The van der Waals surface area contributed by atoms with Crippen LogP contribution >= 0.6 is 11.6 Å². The molecule has 0 radical (unpaired) electrons. The topological polar surface area (TPSA) is 73.2 Å². The van der Waals surface area contributed by atoms with Gasteiger partial charge in [-0.2, -0.15) is 10.2 Å². The number of rotatable bonds is 3. The third-order valence-electron chi connectivity index (χ3n) is 3.52. The average molecular weight is 310 g/mol. The van der Waals surface area contributed by atoms with Crippen LogP contribution in [-0.4, -0.2) is 25.4 Å². The number of halogens is 1. The minimum atomic E-state index is 0.712. The number of hydrogen-bond donors (Lipinski definition) is 3. The van der Waals surface area contributed by atoms with Crippen LogP contribution in [0.25, 0.3) is 33.9 Å². The highest BCUT2D eigenvalue weighted by molar-refractivity contribution is 6.30. The fourth-order valence-corrected chi connectivity index (χ4v) is 2.54. The third kappa shape index (κ3) is 2.21. The molecule has 0 fully saturated rings. The van der Waals surface area contributed by atoms with Gasteiger partial charge in [-0.3, -0.25) is 10.2 Å². The molecule has 3 heterocycles. The van der Waals surface area contributed by atoms with E-state index in [-0.39, 0.29) is 0 Å². The first kappa shape index (κ1) is 12.9. The van der Waals surface area contributed by atoms with E-state index in [0.29, 0.717) is 5.02 Å². The quantitative estimate of drug-likeness (QED) is 0.532. The van der Waals surface area contributed by atoms with E-state index in [2.05, 4.69) is 25.4 Å². The second kappa shape index (κ2) is 5.20. The Morgan fingerprint density at radius 3 is 2.59 bits per heavy atom. The molecule has 0 unspecified atom stereocenters. The van der Waals surface area contributed by atoms with E-state index in [1.54, 1.807) is 6.20 Å². The van der Waals surface area contributed by atoms with Crippen LogP contribution in [0.1, 0.15) is 0 Å². The van der Waals surface area contributed by atoms with E-state index in [9.17, 15) is 0 Å². The summed E-state index contributed by atoms with van der Waals surface area (Å²) in [7, 11) is 0. The molecule has 0 aliphatic carbocycles. The maximum absolute atomic E-state index is 5.95. The molecule has 108 valence electrons. The van der Waals surface area contributed by atoms with Crippen LogP contribution in [0, 0.1) is 0 Å². The summed E-state index contributed by atoms with van der Waals surface area (Å²) in [4.78, 5) is 3.14. The lowest BCUT2D eigenvalue weighted by Gasteiger charge is -2.01. The highest BCUT2D eigenvalue weighted by Gasteiger charge is 2.13. The Bertz CT molecular complexity index is 887. The molecule has 22 heavy (non-hydrogen) atoms. The number of H-pyrrole nitrogens is 3. The van der Waals surface area contributed by atoms with E-state index < -0.39 is 0 Å². The molecule has 0 bridgehead atoms. The first-order valence-electron chi connectivity index (χ1n) is 6.80. The van der Waals surface area contributed by atoms with Crippen LogP contribution in [0.15, 0.2) is 54.9 Å². The Morgan fingerprint density at radius 1 is 0.955 bits per heavy atom. The first-order valence-corrected chi connectivity index (χ1v) is 7.18. The molecule has 6 heteroatoms. The molecule has 0 aliphatic rings. The van der Waals surface area contributed by atoms with Gasteiger partial charge in [0.2, 0.25) is 0 Å². The molecule has 4 aromatic rings. The summed E-state index contributed by atoms with van der Waals surface area (Å²) in [5, 5.41) is 15.3. The molecule has 0 saturated carbocycles. The third-order valence-corrected chi connectivity index (χ3v) is 3.77. The molecule has 4 rings (SSSR count). The zero-order chi connectivity index (χ0) is 14.9. The smallest absolute Gasteiger partial charge is 0.109 e. The molecule has 0 amide bonds. The summed E-state index contributed by atoms with van der Waals surface area (Å²) in [6.45, 7) is 0. The maximum Gasteiger partial charge on any atom is 0.109 e. The van der Waals surface area contributed by atoms with Crippen molar-refractivity contribution < 1.29 is 0 Å². The fraction of sp³-hybridized carbons (Fsp3) is 0. The molecule has 0 saturated heterocycles. The Balaban J connectivity index is 1.75. The van der Waals surface area contributed by atoms with Crippen molar-refractivity contribution in [3.8, 4) is 33.9 Å². The Morgan fingerprint density at radius 2 is 1.82 bits per heavy atom. The number of nitrogens with one attached hydrogen (secondary N) is 3. The molecule has 0 aliphatic heterocycles. The van der Waals surface area contributed by atoms with Gasteiger partial charge in [-0.15, -0.1) is 0 Å². The molecular weight excluding hydrogens is 298 g/mol. The summed E-state index contributed by atoms with van der Waals surface area (Å²) in [5.74, 6) is 0. The van der Waals surface area contributed by atoms with Crippen LogP contribution < -0.4 is 0 Å². The van der Waals surface area contributed by atoms with Crippen molar-refractivity contribution in [2.45, 2.75) is 0 Å². The fourth-order valence-electron chi connectivity index (χ4n) is 2.42. The van der Waals surface area contributed by atoms with Crippen LogP contribution in [0.2, 0.25) is 5.02 Å². The van der Waals surface area contributed by atoms with E-state index in [4.69, 9.17) is 11.6 Å². The summed E-state index contributed by atoms with van der Waals surface area (Å²) >= 11 is 5.95. The summed E-state index contributed by atoms with van der Waals surface area (Å²) in [5.41, 5.74) is 5.65. The van der Waals surface area contributed by atoms with Gasteiger partial charge in [0.05, 0.1) is 23.3 Å². The SMILES string of the molecule is Clc1ccc(-c2cn[nH]c2-c2cc(-c3ccc[nH]3)n[nH]2)cc1. The maximum atomic E-state index is 5.95. The van der Waals surface area contributed by atoms with Crippen molar-refractivity contribution in [2.75, 3.05) is 0 Å². The summed E-state index contributed by atoms with van der Waals surface area (Å²) < 4.78 is 0. The van der Waals surface area contributed by atoms with Crippen molar-refractivity contribution in [3.63, 3.8) is 0 Å². The number of nitrogens with zero attached hydrogens (tertiary/aromatic N) is 2. The Hall–Kier alpha value is -2.79. The van der Waals surface area contributed by atoms with Crippen molar-refractivity contribution in [2.24, 2.45) is 0 Å². The molecule has 3 N–H and O–H groups in total.